The molecule has 0 unspecified atom stereocenters. The lowest BCUT2D eigenvalue weighted by Gasteiger charge is -2.30. The van der Waals surface area contributed by atoms with Crippen molar-refractivity contribution in [2.75, 3.05) is 13.2 Å². The summed E-state index contributed by atoms with van der Waals surface area (Å²) < 4.78 is 0. The number of hydrogen-bond donors (Lipinski definition) is 16. The van der Waals surface area contributed by atoms with Gasteiger partial charge >= 0.3 is 5.97 Å². The van der Waals surface area contributed by atoms with Crippen LogP contribution < -0.4 is 59.7 Å². The van der Waals surface area contributed by atoms with Crippen molar-refractivity contribution in [3.8, 4) is 0 Å². The van der Waals surface area contributed by atoms with Crippen LogP contribution in [0.1, 0.15) is 72.8 Å². The smallest absolute Gasteiger partial charge is 0.325 e. The summed E-state index contributed by atoms with van der Waals surface area (Å²) in [5.74, 6) is -11.4. The van der Waals surface area contributed by atoms with Gasteiger partial charge in [0.05, 0.1) is 37.4 Å². The van der Waals surface area contributed by atoms with Gasteiger partial charge in [0.1, 0.15) is 48.3 Å². The third kappa shape index (κ3) is 20.3. The molecule has 26 heteroatoms. The van der Waals surface area contributed by atoms with E-state index in [0.717, 1.165) is 20.8 Å². The Morgan fingerprint density at radius 3 is 1.40 bits per heavy atom. The SMILES string of the molecule is CC(C)[C@H](NC(=O)[C@@H](NC(=O)[C@@H](NC(=O)[C@H](CO)NC(=O)[C@@H](NC(=O)[C@H](Cc1ccccc1)NC(=O)[C@@H](N)CC(N)=O)[C@@H](C)O)[C@@H](C)O)[C@@H](C)O)C(=O)N[C@@H](CCCCN)C(=O)N[C@@H](C)C(=O)O. The number of carbonyl (C=O) groups is 10. The predicted octanol–water partition coefficient (Wildman–Crippen LogP) is -6.67. The summed E-state index contributed by atoms with van der Waals surface area (Å²) in [5, 5.41) is 69.3. The molecule has 0 fully saturated rings. The monoisotopic (exact) mass is 967 g/mol. The summed E-state index contributed by atoms with van der Waals surface area (Å²) in [7, 11) is 0. The predicted molar refractivity (Wildman–Crippen MR) is 241 cm³/mol. The standard InChI is InChI=1S/C42H69N11O15/c1-19(2)30(38(63)47-26(14-10-11-15-43)35(60)46-20(3)42(67)68)50-40(65)33(23(6)57)53-41(66)32(22(5)56)52-37(62)28(18-54)49-39(64)31(21(4)55)51-36(61)27(16-24-12-8-7-9-13-24)48-34(59)25(44)17-29(45)58/h7-9,12-13,19-23,25-28,30-33,54-57H,10-11,14-18,43-44H2,1-6H3,(H2,45,58)(H,46,60)(H,47,63)(H,48,59)(H,49,64)(H,50,65)(H,51,61)(H,52,62)(H,53,66)(H,67,68)/t20-,21+,22+,23+,25-,26-,27-,28-,30-,31-,32-,33-/m0/s1. The summed E-state index contributed by atoms with van der Waals surface area (Å²) >= 11 is 0. The van der Waals surface area contributed by atoms with E-state index in [1.54, 1.807) is 44.2 Å². The molecular weight excluding hydrogens is 899 g/mol. The molecule has 12 atom stereocenters. The lowest BCUT2D eigenvalue weighted by atomic mass is 10.0. The van der Waals surface area contributed by atoms with Gasteiger partial charge in [0.25, 0.3) is 0 Å². The molecule has 1 rings (SSSR count). The van der Waals surface area contributed by atoms with Crippen LogP contribution in [0.4, 0.5) is 0 Å². The molecule has 0 radical (unpaired) electrons. The Bertz CT molecular complexity index is 1890. The molecule has 1 aromatic rings. The summed E-state index contributed by atoms with van der Waals surface area (Å²) in [6.45, 7) is 6.72. The number of unbranched alkanes of at least 4 members (excludes halogenated alkanes) is 1. The van der Waals surface area contributed by atoms with Crippen LogP contribution in [-0.4, -0.2) is 171 Å². The molecule has 19 N–H and O–H groups in total. The van der Waals surface area contributed by atoms with Gasteiger partial charge in [-0.3, -0.25) is 47.9 Å². The summed E-state index contributed by atoms with van der Waals surface area (Å²) in [5.41, 5.74) is 17.0. The summed E-state index contributed by atoms with van der Waals surface area (Å²) in [4.78, 5) is 129. The maximum atomic E-state index is 13.6. The van der Waals surface area contributed by atoms with Crippen molar-refractivity contribution in [3.63, 3.8) is 0 Å². The number of aliphatic hydroxyl groups excluding tert-OH is 4. The number of amides is 9. The maximum Gasteiger partial charge on any atom is 0.325 e. The number of nitrogens with one attached hydrogen (secondary N) is 8. The van der Waals surface area contributed by atoms with E-state index in [0.29, 0.717) is 18.4 Å². The number of hydrogen-bond acceptors (Lipinski definition) is 16. The molecule has 0 heterocycles. The van der Waals surface area contributed by atoms with E-state index >= 15 is 0 Å². The Labute approximate surface area is 393 Å². The van der Waals surface area contributed by atoms with E-state index in [9.17, 15) is 73.5 Å². The van der Waals surface area contributed by atoms with Crippen molar-refractivity contribution in [1.82, 2.24) is 42.5 Å². The molecule has 0 aliphatic rings. The fourth-order valence-corrected chi connectivity index (χ4v) is 6.25. The third-order valence-corrected chi connectivity index (χ3v) is 10.2. The Morgan fingerprint density at radius 1 is 0.544 bits per heavy atom. The van der Waals surface area contributed by atoms with Gasteiger partial charge < -0.3 is 85.3 Å². The highest BCUT2D eigenvalue weighted by Gasteiger charge is 2.38. The molecule has 1 aromatic carbocycles. The third-order valence-electron chi connectivity index (χ3n) is 10.2. The molecule has 0 bridgehead atoms. The Kier molecular flexibility index (Phi) is 25.8. The highest BCUT2D eigenvalue weighted by Crippen LogP contribution is 2.10. The Balaban J connectivity index is 3.23. The molecule has 0 aliphatic carbocycles. The van der Waals surface area contributed by atoms with Crippen molar-refractivity contribution in [2.45, 2.75) is 146 Å². The number of primary amides is 1. The second-order valence-corrected chi connectivity index (χ2v) is 16.6. The highest BCUT2D eigenvalue weighted by molar-refractivity contribution is 5.98. The molecule has 68 heavy (non-hydrogen) atoms. The molecule has 0 spiro atoms. The van der Waals surface area contributed by atoms with E-state index in [4.69, 9.17) is 17.2 Å². The minimum atomic E-state index is -1.93. The van der Waals surface area contributed by atoms with Gasteiger partial charge in [0.2, 0.25) is 53.2 Å². The lowest BCUT2D eigenvalue weighted by molar-refractivity contribution is -0.142. The quantitative estimate of drug-likeness (QED) is 0.0319. The van der Waals surface area contributed by atoms with Crippen molar-refractivity contribution >= 4 is 59.1 Å². The lowest BCUT2D eigenvalue weighted by Crippen LogP contribution is -2.64. The van der Waals surface area contributed by atoms with Crippen LogP contribution in [0.3, 0.4) is 0 Å². The number of aliphatic carboxylic acids is 1. The number of rotatable bonds is 30. The van der Waals surface area contributed by atoms with Crippen LogP contribution in [-0.2, 0) is 54.4 Å². The second kappa shape index (κ2) is 29.4. The molecule has 0 aromatic heterocycles. The van der Waals surface area contributed by atoms with E-state index < -0.39 is 151 Å². The molecular formula is C42H69N11O15. The van der Waals surface area contributed by atoms with Crippen LogP contribution in [0, 0.1) is 5.92 Å². The maximum absolute atomic E-state index is 13.6. The zero-order valence-electron chi connectivity index (χ0n) is 38.9. The van der Waals surface area contributed by atoms with Gasteiger partial charge in [-0.2, -0.15) is 0 Å². The minimum absolute atomic E-state index is 0.0610. The Hall–Kier alpha value is -6.32. The largest absolute Gasteiger partial charge is 0.480 e. The van der Waals surface area contributed by atoms with Crippen LogP contribution >= 0.6 is 0 Å². The number of carbonyl (C=O) groups excluding carboxylic acids is 9. The van der Waals surface area contributed by atoms with E-state index in [1.807, 2.05) is 0 Å². The molecule has 0 aliphatic heterocycles. The Morgan fingerprint density at radius 2 is 0.956 bits per heavy atom. The van der Waals surface area contributed by atoms with Gasteiger partial charge in [-0.15, -0.1) is 0 Å². The molecule has 26 nitrogen and oxygen atoms in total. The van der Waals surface area contributed by atoms with Crippen molar-refractivity contribution < 1.29 is 73.5 Å². The van der Waals surface area contributed by atoms with Crippen molar-refractivity contribution in [3.05, 3.63) is 35.9 Å². The highest BCUT2D eigenvalue weighted by atomic mass is 16.4. The summed E-state index contributed by atoms with van der Waals surface area (Å²) in [6, 6.07) is -6.04. The molecule has 382 valence electrons. The summed E-state index contributed by atoms with van der Waals surface area (Å²) in [6.07, 6.45) is -4.87. The van der Waals surface area contributed by atoms with Crippen molar-refractivity contribution in [1.29, 1.82) is 0 Å². The fraction of sp³-hybridized carbons (Fsp3) is 0.619. The zero-order chi connectivity index (χ0) is 52.0. The number of benzene rings is 1. The normalized spacial score (nSPS) is 16.5. The van der Waals surface area contributed by atoms with Crippen LogP contribution in [0.2, 0.25) is 0 Å². The molecule has 9 amide bonds. The first kappa shape index (κ1) is 59.7. The van der Waals surface area contributed by atoms with Gasteiger partial charge in [-0.05, 0) is 65.0 Å². The van der Waals surface area contributed by atoms with E-state index in [-0.39, 0.29) is 19.4 Å². The fourth-order valence-electron chi connectivity index (χ4n) is 6.25. The molecule has 0 saturated carbocycles. The number of carboxylic acids is 1. The van der Waals surface area contributed by atoms with E-state index in [1.165, 1.54) is 6.92 Å². The molecule has 0 saturated heterocycles. The average Bonchev–Trinajstić information content (AvgIpc) is 3.25. The van der Waals surface area contributed by atoms with Crippen LogP contribution in [0.15, 0.2) is 30.3 Å². The number of carboxylic acid groups (broad SMARTS) is 1. The first-order chi connectivity index (χ1) is 31.7. The van der Waals surface area contributed by atoms with Gasteiger partial charge in [0, 0.05) is 6.42 Å². The first-order valence-corrected chi connectivity index (χ1v) is 21.8. The number of nitrogens with two attached hydrogens (primary N) is 3. The number of aliphatic hydroxyl groups is 4. The van der Waals surface area contributed by atoms with Crippen molar-refractivity contribution in [2.24, 2.45) is 23.1 Å². The average molecular weight is 968 g/mol. The van der Waals surface area contributed by atoms with E-state index in [2.05, 4.69) is 42.5 Å². The topological polar surface area (TPSA) is 446 Å². The van der Waals surface area contributed by atoms with Crippen LogP contribution in [0.5, 0.6) is 0 Å². The zero-order valence-corrected chi connectivity index (χ0v) is 38.9. The van der Waals surface area contributed by atoms with Gasteiger partial charge in [-0.1, -0.05) is 44.2 Å². The second-order valence-electron chi connectivity index (χ2n) is 16.6. The van der Waals surface area contributed by atoms with Gasteiger partial charge in [0.15, 0.2) is 0 Å². The van der Waals surface area contributed by atoms with Gasteiger partial charge in [-0.25, -0.2) is 0 Å². The van der Waals surface area contributed by atoms with Crippen LogP contribution in [0.25, 0.3) is 0 Å². The minimum Gasteiger partial charge on any atom is -0.480 e. The first-order valence-electron chi connectivity index (χ1n) is 21.8.